The molecule has 1 amide bonds. The summed E-state index contributed by atoms with van der Waals surface area (Å²) in [6.07, 6.45) is 1.42. The molecule has 0 fully saturated rings. The van der Waals surface area contributed by atoms with E-state index in [0.717, 1.165) is 5.56 Å². The fraction of sp³-hybridized carbons (Fsp3) is 0.214. The average molecular weight is 332 g/mol. The molecule has 118 valence electrons. The van der Waals surface area contributed by atoms with Gasteiger partial charge in [0.25, 0.3) is 0 Å². The Kier molecular flexibility index (Phi) is 4.47. The molecule has 2 aromatic heterocycles. The molecule has 0 aliphatic carbocycles. The molecule has 0 bridgehead atoms. The Labute approximate surface area is 135 Å². The minimum absolute atomic E-state index is 0.144. The Morgan fingerprint density at radius 1 is 1.30 bits per heavy atom. The maximum Gasteiger partial charge on any atom is 0.230 e. The molecule has 1 aromatic carbocycles. The van der Waals surface area contributed by atoms with E-state index in [0.29, 0.717) is 22.7 Å². The van der Waals surface area contributed by atoms with E-state index in [-0.39, 0.29) is 17.5 Å². The number of fused-ring (bicyclic) bond motifs is 1. The number of aryl methyl sites for hydroxylation is 1. The maximum absolute atomic E-state index is 12.8. The highest BCUT2D eigenvalue weighted by atomic mass is 32.2. The van der Waals surface area contributed by atoms with Gasteiger partial charge < -0.3 is 5.32 Å². The summed E-state index contributed by atoms with van der Waals surface area (Å²) in [4.78, 5) is 20.1. The maximum atomic E-state index is 12.8. The molecule has 3 rings (SSSR count). The molecular formula is C14H13FN6OS. The van der Waals surface area contributed by atoms with Crippen molar-refractivity contribution in [2.24, 2.45) is 7.05 Å². The standard InChI is InChI=1S/C14H13FN6OS/c1-21-13-12(19-20-21)14(18-8-17-13)23-7-11(22)16-6-9-2-4-10(15)5-3-9/h2-5,8H,6-7H2,1H3,(H,16,22). The molecule has 0 spiro atoms. The summed E-state index contributed by atoms with van der Waals surface area (Å²) in [6.45, 7) is 0.351. The van der Waals surface area contributed by atoms with Crippen molar-refractivity contribution in [1.82, 2.24) is 30.3 Å². The number of thioether (sulfide) groups is 1. The first-order chi connectivity index (χ1) is 11.1. The van der Waals surface area contributed by atoms with Gasteiger partial charge in [0, 0.05) is 13.6 Å². The Hall–Kier alpha value is -2.55. The first-order valence-corrected chi connectivity index (χ1v) is 7.76. The van der Waals surface area contributed by atoms with Crippen molar-refractivity contribution in [2.75, 3.05) is 5.75 Å². The highest BCUT2D eigenvalue weighted by molar-refractivity contribution is 8.00. The van der Waals surface area contributed by atoms with Gasteiger partial charge in [-0.3, -0.25) is 4.79 Å². The number of carbonyl (C=O) groups excluding carboxylic acids is 1. The lowest BCUT2D eigenvalue weighted by Gasteiger charge is -2.05. The normalized spacial score (nSPS) is 10.9. The van der Waals surface area contributed by atoms with Gasteiger partial charge in [0.05, 0.1) is 5.75 Å². The summed E-state index contributed by atoms with van der Waals surface area (Å²) in [5.74, 6) is -0.244. The number of halogens is 1. The predicted molar refractivity (Wildman–Crippen MR) is 83.1 cm³/mol. The zero-order chi connectivity index (χ0) is 16.2. The van der Waals surface area contributed by atoms with Crippen LogP contribution in [0.3, 0.4) is 0 Å². The Morgan fingerprint density at radius 3 is 2.87 bits per heavy atom. The third-order valence-electron chi connectivity index (χ3n) is 3.10. The molecule has 7 nitrogen and oxygen atoms in total. The quantitative estimate of drug-likeness (QED) is 0.560. The van der Waals surface area contributed by atoms with Crippen LogP contribution in [-0.4, -0.2) is 36.6 Å². The fourth-order valence-corrected chi connectivity index (χ4v) is 2.69. The summed E-state index contributed by atoms with van der Waals surface area (Å²) < 4.78 is 14.4. The van der Waals surface area contributed by atoms with Crippen LogP contribution >= 0.6 is 11.8 Å². The number of hydrogen-bond donors (Lipinski definition) is 1. The molecule has 0 aliphatic rings. The summed E-state index contributed by atoms with van der Waals surface area (Å²) in [6, 6.07) is 6.00. The number of benzene rings is 1. The molecule has 2 heterocycles. The Balaban J connectivity index is 1.57. The van der Waals surface area contributed by atoms with Gasteiger partial charge in [0.1, 0.15) is 17.2 Å². The second-order valence-electron chi connectivity index (χ2n) is 4.76. The minimum Gasteiger partial charge on any atom is -0.351 e. The SMILES string of the molecule is Cn1nnc2c(SCC(=O)NCc3ccc(F)cc3)ncnc21. The smallest absolute Gasteiger partial charge is 0.230 e. The molecule has 0 unspecified atom stereocenters. The van der Waals surface area contributed by atoms with E-state index in [9.17, 15) is 9.18 Å². The largest absolute Gasteiger partial charge is 0.351 e. The van der Waals surface area contributed by atoms with Crippen molar-refractivity contribution in [3.63, 3.8) is 0 Å². The molecule has 0 saturated carbocycles. The number of nitrogens with one attached hydrogen (secondary N) is 1. The van der Waals surface area contributed by atoms with Crippen molar-refractivity contribution in [1.29, 1.82) is 0 Å². The van der Waals surface area contributed by atoms with Crippen molar-refractivity contribution >= 4 is 28.8 Å². The second-order valence-corrected chi connectivity index (χ2v) is 5.72. The third-order valence-corrected chi connectivity index (χ3v) is 4.08. The van der Waals surface area contributed by atoms with Crippen LogP contribution in [0.2, 0.25) is 0 Å². The van der Waals surface area contributed by atoms with Crippen LogP contribution in [-0.2, 0) is 18.4 Å². The lowest BCUT2D eigenvalue weighted by Crippen LogP contribution is -2.24. The van der Waals surface area contributed by atoms with Crippen LogP contribution in [0.5, 0.6) is 0 Å². The Morgan fingerprint density at radius 2 is 2.09 bits per heavy atom. The highest BCUT2D eigenvalue weighted by Crippen LogP contribution is 2.21. The van der Waals surface area contributed by atoms with Crippen LogP contribution in [0.15, 0.2) is 35.6 Å². The molecule has 3 aromatic rings. The van der Waals surface area contributed by atoms with Crippen molar-refractivity contribution in [3.8, 4) is 0 Å². The lowest BCUT2D eigenvalue weighted by molar-refractivity contribution is -0.118. The molecule has 9 heteroatoms. The monoisotopic (exact) mass is 332 g/mol. The lowest BCUT2D eigenvalue weighted by atomic mass is 10.2. The van der Waals surface area contributed by atoms with Gasteiger partial charge in [-0.15, -0.1) is 5.10 Å². The Bertz CT molecular complexity index is 835. The van der Waals surface area contributed by atoms with Gasteiger partial charge in [-0.05, 0) is 17.7 Å². The summed E-state index contributed by atoms with van der Waals surface area (Å²) in [5, 5.41) is 11.3. The topological polar surface area (TPSA) is 85.6 Å². The van der Waals surface area contributed by atoms with Gasteiger partial charge in [-0.1, -0.05) is 29.1 Å². The summed E-state index contributed by atoms with van der Waals surface area (Å²) in [5.41, 5.74) is 2.03. The summed E-state index contributed by atoms with van der Waals surface area (Å²) in [7, 11) is 1.74. The zero-order valence-electron chi connectivity index (χ0n) is 12.2. The van der Waals surface area contributed by atoms with Gasteiger partial charge in [0.2, 0.25) is 5.91 Å². The van der Waals surface area contributed by atoms with Gasteiger partial charge in [-0.25, -0.2) is 19.0 Å². The molecule has 0 atom stereocenters. The fourth-order valence-electron chi connectivity index (χ4n) is 1.93. The first kappa shape index (κ1) is 15.3. The number of rotatable bonds is 5. The van der Waals surface area contributed by atoms with Crippen LogP contribution in [0.25, 0.3) is 11.2 Å². The van der Waals surface area contributed by atoms with Crippen LogP contribution in [0, 0.1) is 5.82 Å². The number of nitrogens with zero attached hydrogens (tertiary/aromatic N) is 5. The van der Waals surface area contributed by atoms with Crippen LogP contribution in [0.4, 0.5) is 4.39 Å². The van der Waals surface area contributed by atoms with Gasteiger partial charge >= 0.3 is 0 Å². The zero-order valence-corrected chi connectivity index (χ0v) is 13.0. The number of carbonyl (C=O) groups is 1. The van der Waals surface area contributed by atoms with E-state index in [1.54, 1.807) is 23.9 Å². The minimum atomic E-state index is -0.299. The summed E-state index contributed by atoms with van der Waals surface area (Å²) >= 11 is 1.27. The first-order valence-electron chi connectivity index (χ1n) is 6.78. The molecular weight excluding hydrogens is 319 g/mol. The molecule has 0 saturated heterocycles. The van der Waals surface area contributed by atoms with Crippen LogP contribution < -0.4 is 5.32 Å². The predicted octanol–water partition coefficient (Wildman–Crippen LogP) is 1.31. The van der Waals surface area contributed by atoms with E-state index < -0.39 is 0 Å². The van der Waals surface area contributed by atoms with Crippen molar-refractivity contribution in [2.45, 2.75) is 11.6 Å². The van der Waals surface area contributed by atoms with E-state index in [1.807, 2.05) is 0 Å². The molecule has 0 radical (unpaired) electrons. The third kappa shape index (κ3) is 3.62. The molecule has 23 heavy (non-hydrogen) atoms. The molecule has 0 aliphatic heterocycles. The number of amides is 1. The van der Waals surface area contributed by atoms with E-state index in [1.165, 1.54) is 30.2 Å². The number of aromatic nitrogens is 5. The van der Waals surface area contributed by atoms with Gasteiger partial charge in [0.15, 0.2) is 11.2 Å². The van der Waals surface area contributed by atoms with E-state index in [4.69, 9.17) is 0 Å². The van der Waals surface area contributed by atoms with Gasteiger partial charge in [-0.2, -0.15) is 0 Å². The second kappa shape index (κ2) is 6.69. The van der Waals surface area contributed by atoms with Crippen molar-refractivity contribution in [3.05, 3.63) is 42.0 Å². The van der Waals surface area contributed by atoms with E-state index >= 15 is 0 Å². The van der Waals surface area contributed by atoms with E-state index in [2.05, 4.69) is 25.6 Å². The van der Waals surface area contributed by atoms with Crippen molar-refractivity contribution < 1.29 is 9.18 Å². The van der Waals surface area contributed by atoms with Crippen LogP contribution in [0.1, 0.15) is 5.56 Å². The molecule has 1 N–H and O–H groups in total. The number of hydrogen-bond acceptors (Lipinski definition) is 6. The average Bonchev–Trinajstić information content (AvgIpc) is 2.94. The highest BCUT2D eigenvalue weighted by Gasteiger charge is 2.12.